The molecule has 9 nitrogen and oxygen atoms in total. The van der Waals surface area contributed by atoms with E-state index in [1.807, 2.05) is 32.9 Å². The molecule has 1 aliphatic heterocycles. The molecule has 2 N–H and O–H groups in total. The van der Waals surface area contributed by atoms with E-state index in [2.05, 4.69) is 17.9 Å². The van der Waals surface area contributed by atoms with E-state index < -0.39 is 10.5 Å². The van der Waals surface area contributed by atoms with Crippen molar-refractivity contribution in [2.75, 3.05) is 24.4 Å². The molecule has 1 heterocycles. The lowest BCUT2D eigenvalue weighted by Crippen LogP contribution is -2.52. The van der Waals surface area contributed by atoms with Gasteiger partial charge in [0.15, 0.2) is 0 Å². The number of non-ortho nitro benzene ring substituents is 1. The molecule has 0 atom stereocenters. The van der Waals surface area contributed by atoms with Crippen molar-refractivity contribution < 1.29 is 24.3 Å². The van der Waals surface area contributed by atoms with Gasteiger partial charge in [-0.2, -0.15) is 12.6 Å². The van der Waals surface area contributed by atoms with Gasteiger partial charge in [0.05, 0.1) is 29.5 Å². The fourth-order valence-electron chi connectivity index (χ4n) is 4.41. The Morgan fingerprint density at radius 1 is 1.13 bits per heavy atom. The Balaban J connectivity index is 0.000000808. The number of nitrogens with zero attached hydrogens (tertiary/aromatic N) is 2. The van der Waals surface area contributed by atoms with Gasteiger partial charge in [-0.15, -0.1) is 0 Å². The molecule has 206 valence electrons. The number of aryl methyl sites for hydroxylation is 1. The Morgan fingerprint density at radius 2 is 1.79 bits per heavy atom. The number of carbonyl (C=O) groups is 1. The highest BCUT2D eigenvalue weighted by atomic mass is 32.1. The van der Waals surface area contributed by atoms with E-state index in [0.29, 0.717) is 28.3 Å². The van der Waals surface area contributed by atoms with Crippen molar-refractivity contribution in [1.82, 2.24) is 0 Å². The zero-order chi connectivity index (χ0) is 28.5. The first-order valence-corrected chi connectivity index (χ1v) is 13.1. The van der Waals surface area contributed by atoms with Gasteiger partial charge in [0.1, 0.15) is 29.4 Å². The predicted octanol–water partition coefficient (Wildman–Crippen LogP) is 6.11. The summed E-state index contributed by atoms with van der Waals surface area (Å²) in [4.78, 5) is 25.5. The molecule has 3 aromatic rings. The highest BCUT2D eigenvalue weighted by molar-refractivity contribution is 7.81. The molecule has 0 aromatic heterocycles. The Kier molecular flexibility index (Phi) is 7.96. The van der Waals surface area contributed by atoms with E-state index in [-0.39, 0.29) is 24.0 Å². The molecule has 0 spiro atoms. The number of anilines is 2. The van der Waals surface area contributed by atoms with Crippen LogP contribution < -0.4 is 19.7 Å². The lowest BCUT2D eigenvalue weighted by molar-refractivity contribution is -0.385. The minimum atomic E-state index is -0.797. The molecule has 0 saturated heterocycles. The second-order valence-electron chi connectivity index (χ2n) is 10.2. The number of aromatic hydroxyl groups is 1. The second kappa shape index (κ2) is 11.1. The van der Waals surface area contributed by atoms with E-state index in [1.165, 1.54) is 38.2 Å². The van der Waals surface area contributed by atoms with E-state index in [1.54, 1.807) is 30.1 Å². The lowest BCUT2D eigenvalue weighted by Gasteiger charge is -2.39. The summed E-state index contributed by atoms with van der Waals surface area (Å²) >= 11 is 4.08. The Bertz CT molecular complexity index is 1420. The molecule has 39 heavy (non-hydrogen) atoms. The first-order chi connectivity index (χ1) is 18.4. The number of hydrogen-bond acceptors (Lipinski definition) is 8. The summed E-state index contributed by atoms with van der Waals surface area (Å²) in [6.45, 7) is 5.47. The Morgan fingerprint density at radius 3 is 2.41 bits per heavy atom. The summed E-state index contributed by atoms with van der Waals surface area (Å²) in [5, 5.41) is 25.3. The van der Waals surface area contributed by atoms with Crippen LogP contribution in [-0.2, 0) is 11.4 Å². The number of methoxy groups -OCH3 is 1. The van der Waals surface area contributed by atoms with Crippen LogP contribution in [0.1, 0.15) is 37.8 Å². The van der Waals surface area contributed by atoms with Crippen molar-refractivity contribution in [3.63, 3.8) is 0 Å². The molecule has 10 heteroatoms. The van der Waals surface area contributed by atoms with Crippen LogP contribution >= 0.6 is 12.6 Å². The molecule has 2 aliphatic rings. The molecular formula is C29H33N3O6S. The van der Waals surface area contributed by atoms with Crippen LogP contribution in [0.15, 0.2) is 48.5 Å². The third-order valence-electron chi connectivity index (χ3n) is 6.68. The zero-order valence-electron chi connectivity index (χ0n) is 22.6. The van der Waals surface area contributed by atoms with Crippen LogP contribution in [0.25, 0.3) is 11.1 Å². The monoisotopic (exact) mass is 551 g/mol. The van der Waals surface area contributed by atoms with Crippen molar-refractivity contribution in [2.24, 2.45) is 0 Å². The molecule has 0 unspecified atom stereocenters. The van der Waals surface area contributed by atoms with Crippen LogP contribution in [0.2, 0.25) is 0 Å². The number of hydrogen-bond donors (Lipinski definition) is 3. The van der Waals surface area contributed by atoms with E-state index in [4.69, 9.17) is 9.47 Å². The number of rotatable bonds is 6. The standard InChI is InChI=1S/C26H27N3O6.C3H6S/c1-15-6-7-16(29(32)33)12-22(15)35-14-20-18(19-9-8-17(30)13-23(19)34-5)10-11-21-24(20)28(4)25(31)26(2,3)27-21;4-3-1-2-3/h6-13,27,30H,14H2,1-5H3;3-4H,1-2H2. The number of nitro benzene ring substituents is 1. The number of thiol groups is 1. The van der Waals surface area contributed by atoms with Crippen LogP contribution in [0.5, 0.6) is 17.2 Å². The largest absolute Gasteiger partial charge is 0.508 e. The van der Waals surface area contributed by atoms with Gasteiger partial charge in [0, 0.05) is 35.6 Å². The minimum Gasteiger partial charge on any atom is -0.508 e. The van der Waals surface area contributed by atoms with E-state index in [9.17, 15) is 20.0 Å². The third-order valence-corrected chi connectivity index (χ3v) is 7.20. The summed E-state index contributed by atoms with van der Waals surface area (Å²) in [5.74, 6) is 0.770. The first-order valence-electron chi connectivity index (χ1n) is 12.6. The Labute approximate surface area is 233 Å². The topological polar surface area (TPSA) is 114 Å². The van der Waals surface area contributed by atoms with Gasteiger partial charge in [0.2, 0.25) is 0 Å². The minimum absolute atomic E-state index is 0.0320. The molecular weight excluding hydrogens is 518 g/mol. The molecule has 0 bridgehead atoms. The second-order valence-corrected chi connectivity index (χ2v) is 10.9. The molecule has 1 aliphatic carbocycles. The number of benzene rings is 3. The number of carbonyl (C=O) groups excluding carboxylic acids is 1. The number of phenolic OH excluding ortho intramolecular Hbond substituents is 1. The average Bonchev–Trinajstić information content (AvgIpc) is 3.68. The predicted molar refractivity (Wildman–Crippen MR) is 155 cm³/mol. The number of nitrogens with one attached hydrogen (secondary N) is 1. The van der Waals surface area contributed by atoms with Crippen molar-refractivity contribution in [2.45, 2.75) is 51.0 Å². The van der Waals surface area contributed by atoms with Crippen LogP contribution in [-0.4, -0.2) is 40.9 Å². The number of phenols is 1. The number of fused-ring (bicyclic) bond motifs is 1. The van der Waals surface area contributed by atoms with Gasteiger partial charge in [-0.3, -0.25) is 14.9 Å². The highest BCUT2D eigenvalue weighted by Gasteiger charge is 2.38. The smallest absolute Gasteiger partial charge is 0.273 e. The molecule has 1 amide bonds. The number of ether oxygens (including phenoxy) is 2. The van der Waals surface area contributed by atoms with Crippen molar-refractivity contribution >= 4 is 35.6 Å². The fraction of sp³-hybridized carbons (Fsp3) is 0.345. The summed E-state index contributed by atoms with van der Waals surface area (Å²) in [5.41, 5.74) is 3.41. The first kappa shape index (κ1) is 28.1. The maximum absolute atomic E-state index is 13.1. The van der Waals surface area contributed by atoms with E-state index in [0.717, 1.165) is 22.1 Å². The zero-order valence-corrected chi connectivity index (χ0v) is 23.5. The molecule has 3 aromatic carbocycles. The van der Waals surface area contributed by atoms with Gasteiger partial charge in [0.25, 0.3) is 11.6 Å². The average molecular weight is 552 g/mol. The maximum atomic E-state index is 13.1. The van der Waals surface area contributed by atoms with Crippen LogP contribution in [0.4, 0.5) is 17.1 Å². The lowest BCUT2D eigenvalue weighted by atomic mass is 9.91. The highest BCUT2D eigenvalue weighted by Crippen LogP contribution is 2.45. The van der Waals surface area contributed by atoms with Crippen molar-refractivity contribution in [3.05, 3.63) is 69.8 Å². The summed E-state index contributed by atoms with van der Waals surface area (Å²) in [6.07, 6.45) is 2.70. The van der Waals surface area contributed by atoms with Crippen molar-refractivity contribution in [3.8, 4) is 28.4 Å². The quantitative estimate of drug-likeness (QED) is 0.192. The summed E-state index contributed by atoms with van der Waals surface area (Å²) < 4.78 is 11.6. The van der Waals surface area contributed by atoms with E-state index >= 15 is 0 Å². The number of likely N-dealkylation sites (N-methyl/N-ethyl adjacent to an activating group) is 1. The van der Waals surface area contributed by atoms with Gasteiger partial charge in [-0.25, -0.2) is 0 Å². The summed E-state index contributed by atoms with van der Waals surface area (Å²) in [6, 6.07) is 13.1. The maximum Gasteiger partial charge on any atom is 0.273 e. The molecule has 5 rings (SSSR count). The van der Waals surface area contributed by atoms with Crippen LogP contribution in [0, 0.1) is 17.0 Å². The van der Waals surface area contributed by atoms with Gasteiger partial charge < -0.3 is 24.8 Å². The number of nitro groups is 1. The van der Waals surface area contributed by atoms with Gasteiger partial charge in [-0.1, -0.05) is 6.07 Å². The van der Waals surface area contributed by atoms with Gasteiger partial charge >= 0.3 is 0 Å². The molecule has 1 fully saturated rings. The van der Waals surface area contributed by atoms with Gasteiger partial charge in [-0.05, 0) is 69.0 Å². The van der Waals surface area contributed by atoms with Crippen LogP contribution in [0.3, 0.4) is 0 Å². The third kappa shape index (κ3) is 6.06. The molecule has 1 saturated carbocycles. The SMILES string of the molecule is COc1cc(O)ccc1-c1ccc2c(c1COc1cc([N+](=O)[O-])ccc1C)N(C)C(=O)C(C)(C)N2.SC1CC1. The Hall–Kier alpha value is -3.92. The fourth-order valence-corrected chi connectivity index (χ4v) is 4.56. The normalized spacial score (nSPS) is 15.4. The summed E-state index contributed by atoms with van der Waals surface area (Å²) in [7, 11) is 3.22. The molecule has 0 radical (unpaired) electrons. The number of amides is 1. The van der Waals surface area contributed by atoms with Crippen molar-refractivity contribution in [1.29, 1.82) is 0 Å².